The van der Waals surface area contributed by atoms with E-state index < -0.39 is 0 Å². The molecule has 1 aromatic heterocycles. The molecule has 0 fully saturated rings. The normalized spacial score (nSPS) is 10.7. The molecule has 7 heteroatoms. The van der Waals surface area contributed by atoms with Gasteiger partial charge in [-0.15, -0.1) is 11.8 Å². The number of aryl methyl sites for hydroxylation is 2. The summed E-state index contributed by atoms with van der Waals surface area (Å²) in [6, 6.07) is 4.38. The third-order valence-electron chi connectivity index (χ3n) is 3.51. The minimum absolute atomic E-state index is 0.107. The van der Waals surface area contributed by atoms with E-state index in [9.17, 15) is 9.18 Å². The summed E-state index contributed by atoms with van der Waals surface area (Å²) in [5, 5.41) is 7.14. The number of nitrogens with one attached hydrogen (secondary N) is 1. The van der Waals surface area contributed by atoms with Crippen molar-refractivity contribution in [2.24, 2.45) is 7.05 Å². The number of anilines is 1. The smallest absolute Gasteiger partial charge is 0.234 e. The molecular weight excluding hydrogens is 317 g/mol. The number of benzene rings is 1. The van der Waals surface area contributed by atoms with Crippen LogP contribution in [0.4, 0.5) is 10.1 Å². The van der Waals surface area contributed by atoms with Crippen LogP contribution in [0.5, 0.6) is 5.75 Å². The van der Waals surface area contributed by atoms with Gasteiger partial charge in [0, 0.05) is 18.4 Å². The van der Waals surface area contributed by atoms with E-state index in [-0.39, 0.29) is 17.5 Å². The Bertz CT molecular complexity index is 716. The van der Waals surface area contributed by atoms with Gasteiger partial charge >= 0.3 is 0 Å². The lowest BCUT2D eigenvalue weighted by Crippen LogP contribution is -2.15. The Morgan fingerprint density at radius 2 is 2.17 bits per heavy atom. The van der Waals surface area contributed by atoms with Crippen molar-refractivity contribution in [3.63, 3.8) is 0 Å². The molecule has 1 N–H and O–H groups in total. The Balaban J connectivity index is 1.91. The number of rotatable bonds is 6. The number of thioether (sulfide) groups is 1. The summed E-state index contributed by atoms with van der Waals surface area (Å²) in [5.41, 5.74) is 3.18. The third-order valence-corrected chi connectivity index (χ3v) is 4.49. The molecule has 0 spiro atoms. The quantitative estimate of drug-likeness (QED) is 0.880. The van der Waals surface area contributed by atoms with E-state index in [1.807, 2.05) is 20.9 Å². The third kappa shape index (κ3) is 4.25. The molecule has 0 unspecified atom stereocenters. The van der Waals surface area contributed by atoms with Crippen molar-refractivity contribution in [3.05, 3.63) is 41.0 Å². The molecule has 0 saturated heterocycles. The molecule has 5 nitrogen and oxygen atoms in total. The average molecular weight is 337 g/mol. The highest BCUT2D eigenvalue weighted by molar-refractivity contribution is 7.99. The second-order valence-electron chi connectivity index (χ2n) is 5.17. The molecule has 1 amide bonds. The summed E-state index contributed by atoms with van der Waals surface area (Å²) in [4.78, 5) is 12.1. The number of amides is 1. The predicted octanol–water partition coefficient (Wildman–Crippen LogP) is 3.06. The lowest BCUT2D eigenvalue weighted by molar-refractivity contribution is -0.113. The first-order valence-electron chi connectivity index (χ1n) is 7.12. The van der Waals surface area contributed by atoms with Crippen LogP contribution >= 0.6 is 11.8 Å². The second kappa shape index (κ2) is 7.50. The number of aromatic nitrogens is 2. The standard InChI is InChI=1S/C16H20FN3O2S/c1-10-16(11(2)20(3)19-10)18-15(21)9-23-8-12-7-13(17)5-6-14(12)22-4/h5-7H,8-9H2,1-4H3,(H,18,21). The number of nitrogens with zero attached hydrogens (tertiary/aromatic N) is 2. The minimum Gasteiger partial charge on any atom is -0.496 e. The van der Waals surface area contributed by atoms with Crippen LogP contribution in [-0.2, 0) is 17.6 Å². The molecule has 2 rings (SSSR count). The Labute approximate surface area is 139 Å². The lowest BCUT2D eigenvalue weighted by atomic mass is 10.2. The molecule has 23 heavy (non-hydrogen) atoms. The first-order valence-corrected chi connectivity index (χ1v) is 8.28. The minimum atomic E-state index is -0.313. The number of carbonyl (C=O) groups excluding carboxylic acids is 1. The number of hydrogen-bond donors (Lipinski definition) is 1. The highest BCUT2D eigenvalue weighted by Gasteiger charge is 2.13. The van der Waals surface area contributed by atoms with Gasteiger partial charge < -0.3 is 10.1 Å². The maximum Gasteiger partial charge on any atom is 0.234 e. The molecule has 0 radical (unpaired) electrons. The molecule has 124 valence electrons. The van der Waals surface area contributed by atoms with Gasteiger partial charge in [-0.25, -0.2) is 4.39 Å². The highest BCUT2D eigenvalue weighted by atomic mass is 32.2. The zero-order valence-corrected chi connectivity index (χ0v) is 14.5. The van der Waals surface area contributed by atoms with Crippen LogP contribution < -0.4 is 10.1 Å². The van der Waals surface area contributed by atoms with Gasteiger partial charge in [-0.2, -0.15) is 5.10 Å². The predicted molar refractivity (Wildman–Crippen MR) is 90.4 cm³/mol. The van der Waals surface area contributed by atoms with Crippen LogP contribution in [0.25, 0.3) is 0 Å². The highest BCUT2D eigenvalue weighted by Crippen LogP contribution is 2.24. The fourth-order valence-electron chi connectivity index (χ4n) is 2.24. The van der Waals surface area contributed by atoms with Gasteiger partial charge in [0.2, 0.25) is 5.91 Å². The summed E-state index contributed by atoms with van der Waals surface area (Å²) < 4.78 is 20.2. The van der Waals surface area contributed by atoms with Crippen LogP contribution in [0.15, 0.2) is 18.2 Å². The van der Waals surface area contributed by atoms with Gasteiger partial charge in [0.05, 0.1) is 29.9 Å². The molecule has 1 aromatic carbocycles. The van der Waals surface area contributed by atoms with E-state index in [0.717, 1.165) is 22.6 Å². The Morgan fingerprint density at radius 3 is 2.78 bits per heavy atom. The molecule has 0 aliphatic heterocycles. The molecular formula is C16H20FN3O2S. The second-order valence-corrected chi connectivity index (χ2v) is 6.15. The Hall–Kier alpha value is -2.02. The van der Waals surface area contributed by atoms with Crippen molar-refractivity contribution in [2.45, 2.75) is 19.6 Å². The van der Waals surface area contributed by atoms with E-state index in [1.54, 1.807) is 17.9 Å². The molecule has 0 saturated carbocycles. The van der Waals surface area contributed by atoms with Crippen molar-refractivity contribution in [2.75, 3.05) is 18.2 Å². The largest absolute Gasteiger partial charge is 0.496 e. The fraction of sp³-hybridized carbons (Fsp3) is 0.375. The maximum atomic E-state index is 13.3. The van der Waals surface area contributed by atoms with Gasteiger partial charge in [-0.3, -0.25) is 9.48 Å². The SMILES string of the molecule is COc1ccc(F)cc1CSCC(=O)Nc1c(C)nn(C)c1C. The van der Waals surface area contributed by atoms with Crippen molar-refractivity contribution in [1.29, 1.82) is 0 Å². The lowest BCUT2D eigenvalue weighted by Gasteiger charge is -2.09. The summed E-state index contributed by atoms with van der Waals surface area (Å²) >= 11 is 1.40. The first kappa shape index (κ1) is 17.3. The number of carbonyl (C=O) groups is 1. The van der Waals surface area contributed by atoms with Crippen molar-refractivity contribution in [3.8, 4) is 5.75 Å². The molecule has 0 bridgehead atoms. The first-order chi connectivity index (χ1) is 10.9. The van der Waals surface area contributed by atoms with Gasteiger partial charge in [0.25, 0.3) is 0 Å². The summed E-state index contributed by atoms with van der Waals surface area (Å²) in [7, 11) is 3.38. The number of halogens is 1. The van der Waals surface area contributed by atoms with Crippen LogP contribution in [-0.4, -0.2) is 28.6 Å². The monoisotopic (exact) mass is 337 g/mol. The van der Waals surface area contributed by atoms with E-state index in [4.69, 9.17) is 4.74 Å². The summed E-state index contributed by atoms with van der Waals surface area (Å²) in [5.74, 6) is 0.975. The number of hydrogen-bond acceptors (Lipinski definition) is 4. The Kier molecular flexibility index (Phi) is 5.65. The topological polar surface area (TPSA) is 56.1 Å². The maximum absolute atomic E-state index is 13.3. The van der Waals surface area contributed by atoms with Gasteiger partial charge in [0.1, 0.15) is 11.6 Å². The number of ether oxygens (including phenoxy) is 1. The molecule has 0 aliphatic carbocycles. The van der Waals surface area contributed by atoms with Crippen LogP contribution in [0, 0.1) is 19.7 Å². The average Bonchev–Trinajstić information content (AvgIpc) is 2.74. The van der Waals surface area contributed by atoms with Gasteiger partial charge in [0.15, 0.2) is 0 Å². The van der Waals surface area contributed by atoms with Crippen molar-refractivity contribution in [1.82, 2.24) is 9.78 Å². The zero-order valence-electron chi connectivity index (χ0n) is 13.6. The zero-order chi connectivity index (χ0) is 17.0. The fourth-order valence-corrected chi connectivity index (χ4v) is 3.05. The van der Waals surface area contributed by atoms with E-state index in [1.165, 1.54) is 23.9 Å². The van der Waals surface area contributed by atoms with E-state index in [2.05, 4.69) is 10.4 Å². The number of methoxy groups -OCH3 is 1. The van der Waals surface area contributed by atoms with Crippen molar-refractivity contribution < 1.29 is 13.9 Å². The Morgan fingerprint density at radius 1 is 1.43 bits per heavy atom. The van der Waals surface area contributed by atoms with Crippen LogP contribution in [0.1, 0.15) is 17.0 Å². The molecule has 2 aromatic rings. The molecule has 1 heterocycles. The van der Waals surface area contributed by atoms with E-state index in [0.29, 0.717) is 11.5 Å². The van der Waals surface area contributed by atoms with Crippen molar-refractivity contribution >= 4 is 23.4 Å². The van der Waals surface area contributed by atoms with Crippen LogP contribution in [0.2, 0.25) is 0 Å². The van der Waals surface area contributed by atoms with E-state index >= 15 is 0 Å². The van der Waals surface area contributed by atoms with Gasteiger partial charge in [-0.05, 0) is 32.0 Å². The summed E-state index contributed by atoms with van der Waals surface area (Å²) in [6.07, 6.45) is 0. The van der Waals surface area contributed by atoms with Crippen LogP contribution in [0.3, 0.4) is 0 Å². The molecule has 0 aliphatic rings. The molecule has 0 atom stereocenters. The van der Waals surface area contributed by atoms with Gasteiger partial charge in [-0.1, -0.05) is 0 Å². The summed E-state index contributed by atoms with van der Waals surface area (Å²) in [6.45, 7) is 3.76.